The maximum atomic E-state index is 12.0. The number of amides is 1. The van der Waals surface area contributed by atoms with Crippen molar-refractivity contribution in [2.24, 2.45) is 0 Å². The number of imidazole rings is 1. The lowest BCUT2D eigenvalue weighted by molar-refractivity contribution is -0.121. The Balaban J connectivity index is 1.37. The summed E-state index contributed by atoms with van der Waals surface area (Å²) in [5.74, 6) is 0.128. The van der Waals surface area contributed by atoms with E-state index in [-0.39, 0.29) is 5.91 Å². The Bertz CT molecular complexity index is 492. The quantitative estimate of drug-likeness (QED) is 0.826. The van der Waals surface area contributed by atoms with Gasteiger partial charge in [0.05, 0.1) is 31.8 Å². The third-order valence-electron chi connectivity index (χ3n) is 4.61. The highest BCUT2D eigenvalue weighted by Crippen LogP contribution is 2.35. The molecule has 1 amide bonds. The Morgan fingerprint density at radius 3 is 2.95 bits per heavy atom. The first kappa shape index (κ1) is 15.5. The molecule has 3 rings (SSSR count). The molecule has 1 atom stereocenters. The summed E-state index contributed by atoms with van der Waals surface area (Å²) >= 11 is 0. The van der Waals surface area contributed by atoms with Crippen LogP contribution in [0.15, 0.2) is 12.5 Å². The summed E-state index contributed by atoms with van der Waals surface area (Å²) in [5, 5.41) is 3.02. The van der Waals surface area contributed by atoms with Gasteiger partial charge in [-0.3, -0.25) is 9.69 Å². The minimum atomic E-state index is 0.128. The molecule has 0 radical (unpaired) electrons. The predicted molar refractivity (Wildman–Crippen MR) is 83.4 cm³/mol. The van der Waals surface area contributed by atoms with Crippen LogP contribution in [-0.4, -0.2) is 52.7 Å². The molecule has 2 aliphatic rings. The van der Waals surface area contributed by atoms with E-state index in [1.165, 1.54) is 12.8 Å². The molecule has 0 aromatic carbocycles. The van der Waals surface area contributed by atoms with Crippen LogP contribution in [0.25, 0.3) is 0 Å². The Morgan fingerprint density at radius 2 is 2.23 bits per heavy atom. The lowest BCUT2D eigenvalue weighted by Crippen LogP contribution is -2.42. The van der Waals surface area contributed by atoms with Crippen molar-refractivity contribution >= 4 is 5.91 Å². The Kier molecular flexibility index (Phi) is 5.10. The SMILES string of the molecule is CC(CCC(=O)NCc1cncn1C1CC1)N1CCOCC1. The van der Waals surface area contributed by atoms with Gasteiger partial charge in [-0.15, -0.1) is 0 Å². The van der Waals surface area contributed by atoms with Crippen LogP contribution in [0.3, 0.4) is 0 Å². The molecule has 6 nitrogen and oxygen atoms in total. The van der Waals surface area contributed by atoms with Gasteiger partial charge < -0.3 is 14.6 Å². The van der Waals surface area contributed by atoms with Gasteiger partial charge >= 0.3 is 0 Å². The van der Waals surface area contributed by atoms with Crippen molar-refractivity contribution in [2.75, 3.05) is 26.3 Å². The van der Waals surface area contributed by atoms with Crippen molar-refractivity contribution in [1.29, 1.82) is 0 Å². The number of aromatic nitrogens is 2. The number of rotatable bonds is 7. The van der Waals surface area contributed by atoms with Crippen LogP contribution in [0.2, 0.25) is 0 Å². The number of carbonyl (C=O) groups excluding carboxylic acids is 1. The lowest BCUT2D eigenvalue weighted by atomic mass is 10.1. The molecular weight excluding hydrogens is 280 g/mol. The summed E-state index contributed by atoms with van der Waals surface area (Å²) in [7, 11) is 0. The molecule has 1 aromatic rings. The number of hydrogen-bond acceptors (Lipinski definition) is 4. The van der Waals surface area contributed by atoms with Crippen molar-refractivity contribution in [3.05, 3.63) is 18.2 Å². The average molecular weight is 306 g/mol. The smallest absolute Gasteiger partial charge is 0.220 e. The molecular formula is C16H26N4O2. The van der Waals surface area contributed by atoms with Crippen molar-refractivity contribution in [1.82, 2.24) is 19.8 Å². The summed E-state index contributed by atoms with van der Waals surface area (Å²) in [6.07, 6.45) is 7.67. The van der Waals surface area contributed by atoms with Crippen LogP contribution in [0.4, 0.5) is 0 Å². The van der Waals surface area contributed by atoms with Crippen molar-refractivity contribution in [3.8, 4) is 0 Å². The van der Waals surface area contributed by atoms with Gasteiger partial charge in [0.2, 0.25) is 5.91 Å². The normalized spacial score (nSPS) is 20.8. The van der Waals surface area contributed by atoms with E-state index in [0.717, 1.165) is 38.4 Å². The standard InChI is InChI=1S/C16H26N4O2/c1-13(19-6-8-22-9-7-19)2-5-16(21)18-11-15-10-17-12-20(15)14-3-4-14/h10,12-14H,2-9,11H2,1H3,(H,18,21). The van der Waals surface area contributed by atoms with Crippen LogP contribution in [0.1, 0.15) is 44.3 Å². The zero-order chi connectivity index (χ0) is 15.4. The number of nitrogens with zero attached hydrogens (tertiary/aromatic N) is 3. The van der Waals surface area contributed by atoms with Gasteiger partial charge in [-0.05, 0) is 26.2 Å². The van der Waals surface area contributed by atoms with Crippen LogP contribution in [-0.2, 0) is 16.1 Å². The van der Waals surface area contributed by atoms with Crippen LogP contribution < -0.4 is 5.32 Å². The topological polar surface area (TPSA) is 59.4 Å². The number of nitrogens with one attached hydrogen (secondary N) is 1. The minimum absolute atomic E-state index is 0.128. The fraction of sp³-hybridized carbons (Fsp3) is 0.750. The zero-order valence-corrected chi connectivity index (χ0v) is 13.3. The molecule has 2 heterocycles. The van der Waals surface area contributed by atoms with E-state index in [1.807, 2.05) is 12.5 Å². The first-order valence-electron chi connectivity index (χ1n) is 8.33. The van der Waals surface area contributed by atoms with E-state index >= 15 is 0 Å². The summed E-state index contributed by atoms with van der Waals surface area (Å²) in [6.45, 7) is 6.35. The summed E-state index contributed by atoms with van der Waals surface area (Å²) in [6, 6.07) is 1.04. The average Bonchev–Trinajstić information content (AvgIpc) is 3.29. The molecule has 22 heavy (non-hydrogen) atoms. The zero-order valence-electron chi connectivity index (χ0n) is 13.3. The fourth-order valence-electron chi connectivity index (χ4n) is 2.97. The highest BCUT2D eigenvalue weighted by Gasteiger charge is 2.25. The summed E-state index contributed by atoms with van der Waals surface area (Å²) < 4.78 is 7.55. The van der Waals surface area contributed by atoms with Gasteiger partial charge in [0, 0.05) is 37.8 Å². The van der Waals surface area contributed by atoms with E-state index in [1.54, 1.807) is 0 Å². The van der Waals surface area contributed by atoms with E-state index in [0.29, 0.717) is 25.0 Å². The highest BCUT2D eigenvalue weighted by molar-refractivity contribution is 5.75. The van der Waals surface area contributed by atoms with E-state index in [2.05, 4.69) is 26.7 Å². The van der Waals surface area contributed by atoms with E-state index in [9.17, 15) is 4.79 Å². The first-order valence-corrected chi connectivity index (χ1v) is 8.33. The van der Waals surface area contributed by atoms with Gasteiger partial charge in [0.1, 0.15) is 0 Å². The largest absolute Gasteiger partial charge is 0.379 e. The van der Waals surface area contributed by atoms with Gasteiger partial charge in [0.15, 0.2) is 0 Å². The Labute approximate surface area is 131 Å². The lowest BCUT2D eigenvalue weighted by Gasteiger charge is -2.32. The first-order chi connectivity index (χ1) is 10.7. The molecule has 1 aliphatic heterocycles. The highest BCUT2D eigenvalue weighted by atomic mass is 16.5. The second-order valence-corrected chi connectivity index (χ2v) is 6.34. The Hall–Kier alpha value is -1.40. The fourth-order valence-corrected chi connectivity index (χ4v) is 2.97. The molecule has 122 valence electrons. The molecule has 2 fully saturated rings. The van der Waals surface area contributed by atoms with Gasteiger partial charge in [0.25, 0.3) is 0 Å². The van der Waals surface area contributed by atoms with Crippen LogP contribution in [0.5, 0.6) is 0 Å². The van der Waals surface area contributed by atoms with Gasteiger partial charge in [-0.25, -0.2) is 4.98 Å². The van der Waals surface area contributed by atoms with E-state index < -0.39 is 0 Å². The van der Waals surface area contributed by atoms with Crippen molar-refractivity contribution in [2.45, 2.75) is 51.2 Å². The molecule has 1 saturated carbocycles. The maximum absolute atomic E-state index is 12.0. The number of hydrogen-bond donors (Lipinski definition) is 1. The molecule has 0 spiro atoms. The Morgan fingerprint density at radius 1 is 1.45 bits per heavy atom. The van der Waals surface area contributed by atoms with Crippen LogP contribution in [0, 0.1) is 0 Å². The van der Waals surface area contributed by atoms with Crippen molar-refractivity contribution < 1.29 is 9.53 Å². The molecule has 0 bridgehead atoms. The summed E-state index contributed by atoms with van der Waals surface area (Å²) in [5.41, 5.74) is 1.11. The van der Waals surface area contributed by atoms with Gasteiger partial charge in [-0.1, -0.05) is 0 Å². The molecule has 6 heteroatoms. The third kappa shape index (κ3) is 4.08. The molecule has 1 aromatic heterocycles. The molecule has 1 N–H and O–H groups in total. The second kappa shape index (κ2) is 7.24. The van der Waals surface area contributed by atoms with E-state index in [4.69, 9.17) is 4.74 Å². The molecule has 1 saturated heterocycles. The number of carbonyl (C=O) groups is 1. The van der Waals surface area contributed by atoms with Crippen molar-refractivity contribution in [3.63, 3.8) is 0 Å². The number of morpholine rings is 1. The maximum Gasteiger partial charge on any atom is 0.220 e. The minimum Gasteiger partial charge on any atom is -0.379 e. The third-order valence-corrected chi connectivity index (χ3v) is 4.61. The second-order valence-electron chi connectivity index (χ2n) is 6.34. The predicted octanol–water partition coefficient (Wildman–Crippen LogP) is 1.34. The molecule has 1 unspecified atom stereocenters. The summed E-state index contributed by atoms with van der Waals surface area (Å²) in [4.78, 5) is 18.6. The number of ether oxygens (including phenoxy) is 1. The monoisotopic (exact) mass is 306 g/mol. The van der Waals surface area contributed by atoms with Gasteiger partial charge in [-0.2, -0.15) is 0 Å². The van der Waals surface area contributed by atoms with Crippen LogP contribution >= 0.6 is 0 Å². The molecule has 1 aliphatic carbocycles.